The van der Waals surface area contributed by atoms with Crippen LogP contribution in [0.3, 0.4) is 0 Å². The predicted octanol–water partition coefficient (Wildman–Crippen LogP) is 3.19. The number of aryl methyl sites for hydroxylation is 3. The fourth-order valence-corrected chi connectivity index (χ4v) is 1.07. The largest absolute Gasteiger partial charge is 0.272 e. The maximum Gasteiger partial charge on any atom is 0.0625 e. The first-order chi connectivity index (χ1) is 6.19. The van der Waals surface area contributed by atoms with Gasteiger partial charge in [0, 0.05) is 12.7 Å². The van der Waals surface area contributed by atoms with Crippen LogP contribution in [0.5, 0.6) is 0 Å². The van der Waals surface area contributed by atoms with Gasteiger partial charge in [0.15, 0.2) is 0 Å². The molecule has 0 aliphatic carbocycles. The van der Waals surface area contributed by atoms with Gasteiger partial charge in [-0.15, -0.1) is 0 Å². The Labute approximate surface area is 82.0 Å². The third-order valence-electron chi connectivity index (χ3n) is 1.75. The first-order valence-electron chi connectivity index (χ1n) is 5.22. The van der Waals surface area contributed by atoms with E-state index in [1.165, 1.54) is 17.7 Å². The number of rotatable bonds is 2. The van der Waals surface area contributed by atoms with Crippen LogP contribution >= 0.6 is 0 Å². The first kappa shape index (κ1) is 12.2. The van der Waals surface area contributed by atoms with Gasteiger partial charge in [-0.3, -0.25) is 4.68 Å². The molecule has 2 heteroatoms. The lowest BCUT2D eigenvalue weighted by atomic mass is 10.2. The van der Waals surface area contributed by atoms with E-state index in [1.807, 2.05) is 4.68 Å². The molecule has 1 aromatic heterocycles. The minimum atomic E-state index is 0.973. The zero-order valence-corrected chi connectivity index (χ0v) is 9.59. The Hall–Kier alpha value is -0.790. The molecular weight excluding hydrogens is 160 g/mol. The molecule has 0 aromatic carbocycles. The molecule has 1 heterocycles. The van der Waals surface area contributed by atoms with Crippen LogP contribution in [0, 0.1) is 6.92 Å². The van der Waals surface area contributed by atoms with Gasteiger partial charge in [0.1, 0.15) is 0 Å². The topological polar surface area (TPSA) is 17.8 Å². The van der Waals surface area contributed by atoms with Crippen LogP contribution in [0.15, 0.2) is 6.20 Å². The molecule has 0 saturated carbocycles. The molecule has 0 saturated heterocycles. The van der Waals surface area contributed by atoms with E-state index >= 15 is 0 Å². The van der Waals surface area contributed by atoms with Gasteiger partial charge in [0.2, 0.25) is 0 Å². The highest BCUT2D eigenvalue weighted by Gasteiger charge is 1.99. The van der Waals surface area contributed by atoms with Crippen molar-refractivity contribution in [3.8, 4) is 0 Å². The Kier molecular flexibility index (Phi) is 6.29. The number of hydrogen-bond donors (Lipinski definition) is 0. The van der Waals surface area contributed by atoms with Gasteiger partial charge in [-0.2, -0.15) is 5.10 Å². The van der Waals surface area contributed by atoms with Crippen molar-refractivity contribution in [2.45, 2.75) is 54.0 Å². The SMILES string of the molecule is CCC.CCc1cn(CC)nc1C. The van der Waals surface area contributed by atoms with Crippen molar-refractivity contribution in [2.24, 2.45) is 0 Å². The van der Waals surface area contributed by atoms with Crippen LogP contribution in [-0.4, -0.2) is 9.78 Å². The summed E-state index contributed by atoms with van der Waals surface area (Å²) in [4.78, 5) is 0. The van der Waals surface area contributed by atoms with Crippen molar-refractivity contribution in [3.63, 3.8) is 0 Å². The molecule has 1 aromatic rings. The van der Waals surface area contributed by atoms with Crippen LogP contribution in [-0.2, 0) is 13.0 Å². The fraction of sp³-hybridized carbons (Fsp3) is 0.727. The van der Waals surface area contributed by atoms with Crippen molar-refractivity contribution in [3.05, 3.63) is 17.5 Å². The molecule has 0 spiro atoms. The number of aromatic nitrogens is 2. The zero-order chi connectivity index (χ0) is 10.3. The van der Waals surface area contributed by atoms with E-state index in [-0.39, 0.29) is 0 Å². The maximum absolute atomic E-state index is 4.32. The second-order valence-corrected chi connectivity index (χ2v) is 3.16. The molecule has 0 aliphatic heterocycles. The minimum absolute atomic E-state index is 0.973. The quantitative estimate of drug-likeness (QED) is 0.687. The highest BCUT2D eigenvalue weighted by atomic mass is 15.3. The third-order valence-corrected chi connectivity index (χ3v) is 1.75. The van der Waals surface area contributed by atoms with Crippen molar-refractivity contribution in [1.82, 2.24) is 9.78 Å². The standard InChI is InChI=1S/C8H14N2.C3H8/c1-4-8-6-10(5-2)9-7(8)3;1-3-2/h6H,4-5H2,1-3H3;3H2,1-2H3. The molecule has 0 radical (unpaired) electrons. The molecule has 0 bridgehead atoms. The van der Waals surface area contributed by atoms with Gasteiger partial charge in [-0.25, -0.2) is 0 Å². The summed E-state index contributed by atoms with van der Waals surface area (Å²) in [5, 5.41) is 4.32. The van der Waals surface area contributed by atoms with Crippen LogP contribution in [0.2, 0.25) is 0 Å². The second-order valence-electron chi connectivity index (χ2n) is 3.16. The van der Waals surface area contributed by atoms with Gasteiger partial charge in [-0.1, -0.05) is 27.2 Å². The molecule has 0 amide bonds. The molecule has 13 heavy (non-hydrogen) atoms. The summed E-state index contributed by atoms with van der Waals surface area (Å²) in [6.45, 7) is 11.5. The highest BCUT2D eigenvalue weighted by Crippen LogP contribution is 2.05. The monoisotopic (exact) mass is 182 g/mol. The summed E-state index contributed by atoms with van der Waals surface area (Å²) in [5.41, 5.74) is 2.53. The number of hydrogen-bond acceptors (Lipinski definition) is 1. The second kappa shape index (κ2) is 6.70. The molecule has 2 nitrogen and oxygen atoms in total. The predicted molar refractivity (Wildman–Crippen MR) is 58.0 cm³/mol. The summed E-state index contributed by atoms with van der Waals surface area (Å²) < 4.78 is 1.98. The van der Waals surface area contributed by atoms with Crippen LogP contribution in [0.1, 0.15) is 45.4 Å². The van der Waals surface area contributed by atoms with Gasteiger partial charge in [0.05, 0.1) is 5.69 Å². The summed E-state index contributed by atoms with van der Waals surface area (Å²) in [5.74, 6) is 0. The van der Waals surface area contributed by atoms with E-state index < -0.39 is 0 Å². The van der Waals surface area contributed by atoms with E-state index in [0.717, 1.165) is 13.0 Å². The molecular formula is C11H22N2. The molecule has 76 valence electrons. The van der Waals surface area contributed by atoms with Gasteiger partial charge >= 0.3 is 0 Å². The van der Waals surface area contributed by atoms with Crippen LogP contribution in [0.4, 0.5) is 0 Å². The molecule has 0 atom stereocenters. The average molecular weight is 182 g/mol. The molecule has 0 unspecified atom stereocenters. The Bertz CT molecular complexity index is 226. The van der Waals surface area contributed by atoms with Crippen LogP contribution < -0.4 is 0 Å². The number of nitrogens with zero attached hydrogens (tertiary/aromatic N) is 2. The van der Waals surface area contributed by atoms with Gasteiger partial charge in [0.25, 0.3) is 0 Å². The minimum Gasteiger partial charge on any atom is -0.272 e. The van der Waals surface area contributed by atoms with E-state index in [0.29, 0.717) is 0 Å². The molecule has 0 aliphatic rings. The van der Waals surface area contributed by atoms with E-state index in [4.69, 9.17) is 0 Å². The normalized spacial score (nSPS) is 9.31. The summed E-state index contributed by atoms with van der Waals surface area (Å²) in [6, 6.07) is 0. The van der Waals surface area contributed by atoms with Crippen molar-refractivity contribution >= 4 is 0 Å². The summed E-state index contributed by atoms with van der Waals surface area (Å²) >= 11 is 0. The Morgan fingerprint density at radius 2 is 1.77 bits per heavy atom. The molecule has 0 N–H and O–H groups in total. The van der Waals surface area contributed by atoms with Gasteiger partial charge < -0.3 is 0 Å². The fourth-order valence-electron chi connectivity index (χ4n) is 1.07. The summed E-state index contributed by atoms with van der Waals surface area (Å²) in [7, 11) is 0. The lowest BCUT2D eigenvalue weighted by molar-refractivity contribution is 0.653. The lowest BCUT2D eigenvalue weighted by Gasteiger charge is -1.89. The van der Waals surface area contributed by atoms with Crippen molar-refractivity contribution in [2.75, 3.05) is 0 Å². The first-order valence-corrected chi connectivity index (χ1v) is 5.22. The van der Waals surface area contributed by atoms with E-state index in [9.17, 15) is 0 Å². The smallest absolute Gasteiger partial charge is 0.0625 e. The van der Waals surface area contributed by atoms with Crippen molar-refractivity contribution in [1.29, 1.82) is 0 Å². The van der Waals surface area contributed by atoms with Crippen LogP contribution in [0.25, 0.3) is 0 Å². The highest BCUT2D eigenvalue weighted by molar-refractivity contribution is 5.14. The average Bonchev–Trinajstić information content (AvgIpc) is 2.47. The third kappa shape index (κ3) is 4.11. The molecule has 1 rings (SSSR count). The lowest BCUT2D eigenvalue weighted by Crippen LogP contribution is -1.93. The van der Waals surface area contributed by atoms with Gasteiger partial charge in [-0.05, 0) is 25.8 Å². The maximum atomic E-state index is 4.32. The Balaban J connectivity index is 0.000000424. The summed E-state index contributed by atoms with van der Waals surface area (Å²) in [6.07, 6.45) is 4.46. The van der Waals surface area contributed by atoms with Crippen molar-refractivity contribution < 1.29 is 0 Å². The Morgan fingerprint density at radius 1 is 1.23 bits per heavy atom. The Morgan fingerprint density at radius 3 is 2.00 bits per heavy atom. The van der Waals surface area contributed by atoms with E-state index in [2.05, 4.69) is 45.9 Å². The molecule has 0 fully saturated rings. The van der Waals surface area contributed by atoms with E-state index in [1.54, 1.807) is 0 Å². The zero-order valence-electron chi connectivity index (χ0n) is 9.59.